The van der Waals surface area contributed by atoms with Crippen LogP contribution in [-0.4, -0.2) is 50.1 Å². The van der Waals surface area contributed by atoms with Crippen molar-refractivity contribution in [2.24, 2.45) is 23.2 Å². The number of para-hydroxylation sites is 1. The zero-order chi connectivity index (χ0) is 19.0. The molecule has 4 heteroatoms. The number of piperazine rings is 1. The van der Waals surface area contributed by atoms with Gasteiger partial charge in [-0.05, 0) is 80.2 Å². The van der Waals surface area contributed by atoms with E-state index in [1.807, 2.05) is 0 Å². The van der Waals surface area contributed by atoms with E-state index >= 15 is 0 Å². The lowest BCUT2D eigenvalue weighted by molar-refractivity contribution is -0.122. The maximum atomic E-state index is 12.5. The van der Waals surface area contributed by atoms with Crippen LogP contribution in [0.3, 0.4) is 0 Å². The zero-order valence-corrected chi connectivity index (χ0v) is 17.1. The molecule has 5 fully saturated rings. The molecule has 4 saturated carbocycles. The molecule has 0 atom stereocenters. The second-order valence-corrected chi connectivity index (χ2v) is 10.1. The van der Waals surface area contributed by atoms with Crippen LogP contribution in [0.4, 0.5) is 5.69 Å². The Morgan fingerprint density at radius 1 is 0.929 bits per heavy atom. The van der Waals surface area contributed by atoms with Crippen LogP contribution in [0, 0.1) is 23.2 Å². The zero-order valence-electron chi connectivity index (χ0n) is 17.1. The summed E-state index contributed by atoms with van der Waals surface area (Å²) in [4.78, 5) is 17.2. The summed E-state index contributed by atoms with van der Waals surface area (Å²) < 4.78 is 0. The summed E-state index contributed by atoms with van der Waals surface area (Å²) in [5.41, 5.74) is 1.87. The van der Waals surface area contributed by atoms with Crippen molar-refractivity contribution in [3.05, 3.63) is 30.3 Å². The van der Waals surface area contributed by atoms with E-state index in [1.165, 1.54) is 50.6 Å². The molecule has 1 N–H and O–H groups in total. The molecule has 4 nitrogen and oxygen atoms in total. The van der Waals surface area contributed by atoms with Crippen molar-refractivity contribution in [2.45, 2.75) is 44.9 Å². The van der Waals surface area contributed by atoms with Crippen LogP contribution >= 0.6 is 0 Å². The van der Waals surface area contributed by atoms with Crippen molar-refractivity contribution in [1.29, 1.82) is 0 Å². The van der Waals surface area contributed by atoms with Crippen molar-refractivity contribution in [3.8, 4) is 0 Å². The van der Waals surface area contributed by atoms with Gasteiger partial charge in [0, 0.05) is 38.4 Å². The number of carbonyl (C=O) groups is 1. The van der Waals surface area contributed by atoms with Gasteiger partial charge in [0.2, 0.25) is 5.91 Å². The first kappa shape index (κ1) is 18.5. The summed E-state index contributed by atoms with van der Waals surface area (Å²) in [5.74, 6) is 3.23. The summed E-state index contributed by atoms with van der Waals surface area (Å²) in [5, 5.41) is 3.25. The molecule has 0 spiro atoms. The number of hydrogen-bond acceptors (Lipinski definition) is 3. The van der Waals surface area contributed by atoms with Gasteiger partial charge >= 0.3 is 0 Å². The summed E-state index contributed by atoms with van der Waals surface area (Å²) in [6.07, 6.45) is 10.0. The minimum Gasteiger partial charge on any atom is -0.369 e. The van der Waals surface area contributed by atoms with Gasteiger partial charge in [0.15, 0.2) is 0 Å². The van der Waals surface area contributed by atoms with Gasteiger partial charge in [-0.1, -0.05) is 18.2 Å². The van der Waals surface area contributed by atoms with E-state index in [9.17, 15) is 4.79 Å². The van der Waals surface area contributed by atoms with Crippen LogP contribution < -0.4 is 10.2 Å². The average Bonchev–Trinajstić information content (AvgIpc) is 2.68. The lowest BCUT2D eigenvalue weighted by Crippen LogP contribution is -2.50. The normalized spacial score (nSPS) is 34.6. The predicted molar refractivity (Wildman–Crippen MR) is 113 cm³/mol. The van der Waals surface area contributed by atoms with Crippen LogP contribution in [0.1, 0.15) is 44.9 Å². The highest BCUT2D eigenvalue weighted by atomic mass is 16.2. The molecular weight excluding hydrogens is 346 g/mol. The van der Waals surface area contributed by atoms with Crippen LogP contribution in [0.5, 0.6) is 0 Å². The highest BCUT2D eigenvalue weighted by Gasteiger charge is 2.50. The lowest BCUT2D eigenvalue weighted by atomic mass is 9.49. The summed E-state index contributed by atoms with van der Waals surface area (Å²) in [7, 11) is 0. The third-order valence-electron chi connectivity index (χ3n) is 8.00. The number of benzene rings is 1. The first-order chi connectivity index (χ1) is 13.7. The Bertz CT molecular complexity index is 645. The molecule has 4 aliphatic carbocycles. The number of carbonyl (C=O) groups excluding carboxylic acids is 1. The molecule has 152 valence electrons. The minimum absolute atomic E-state index is 0.220. The number of nitrogens with one attached hydrogen (secondary N) is 1. The predicted octanol–water partition coefficient (Wildman–Crippen LogP) is 3.53. The molecule has 1 aromatic rings. The Balaban J connectivity index is 1.04. The summed E-state index contributed by atoms with van der Waals surface area (Å²) >= 11 is 0. The lowest BCUT2D eigenvalue weighted by Gasteiger charge is -2.57. The Morgan fingerprint density at radius 2 is 1.54 bits per heavy atom. The molecule has 0 radical (unpaired) electrons. The molecule has 6 rings (SSSR count). The third kappa shape index (κ3) is 3.94. The number of amides is 1. The fourth-order valence-corrected chi connectivity index (χ4v) is 7.13. The first-order valence-electron chi connectivity index (χ1n) is 11.5. The van der Waals surface area contributed by atoms with Crippen LogP contribution in [0.2, 0.25) is 0 Å². The number of rotatable bonds is 6. The monoisotopic (exact) mass is 381 g/mol. The van der Waals surface area contributed by atoms with Crippen molar-refractivity contribution in [2.75, 3.05) is 44.2 Å². The maximum absolute atomic E-state index is 12.5. The first-order valence-corrected chi connectivity index (χ1v) is 11.5. The van der Waals surface area contributed by atoms with Crippen molar-refractivity contribution in [3.63, 3.8) is 0 Å². The summed E-state index contributed by atoms with van der Waals surface area (Å²) in [6, 6.07) is 10.6. The number of nitrogens with zero attached hydrogens (tertiary/aromatic N) is 2. The molecule has 28 heavy (non-hydrogen) atoms. The Kier molecular flexibility index (Phi) is 5.08. The maximum Gasteiger partial charge on any atom is 0.234 e. The largest absolute Gasteiger partial charge is 0.369 e. The smallest absolute Gasteiger partial charge is 0.234 e. The van der Waals surface area contributed by atoms with Gasteiger partial charge in [0.25, 0.3) is 0 Å². The van der Waals surface area contributed by atoms with Gasteiger partial charge in [0.1, 0.15) is 0 Å². The molecule has 0 aromatic heterocycles. The van der Waals surface area contributed by atoms with E-state index in [0.29, 0.717) is 12.0 Å². The SMILES string of the molecule is O=C(CN1CCN(c2ccccc2)CC1)NCCC12CC3CC(CC(C3)C1)C2. The molecule has 0 unspecified atom stereocenters. The Morgan fingerprint density at radius 3 is 2.14 bits per heavy atom. The minimum atomic E-state index is 0.220. The quantitative estimate of drug-likeness (QED) is 0.819. The van der Waals surface area contributed by atoms with Gasteiger partial charge in [-0.25, -0.2) is 0 Å². The van der Waals surface area contributed by atoms with Crippen LogP contribution in [-0.2, 0) is 4.79 Å². The fourth-order valence-electron chi connectivity index (χ4n) is 7.13. The molecule has 5 aliphatic rings. The van der Waals surface area contributed by atoms with Gasteiger partial charge < -0.3 is 10.2 Å². The fraction of sp³-hybridized carbons (Fsp3) is 0.708. The second kappa shape index (κ2) is 7.70. The van der Waals surface area contributed by atoms with Gasteiger partial charge in [-0.15, -0.1) is 0 Å². The third-order valence-corrected chi connectivity index (χ3v) is 8.00. The average molecular weight is 382 g/mol. The topological polar surface area (TPSA) is 35.6 Å². The van der Waals surface area contributed by atoms with Gasteiger partial charge in [-0.3, -0.25) is 9.69 Å². The Labute approximate surface area is 169 Å². The van der Waals surface area contributed by atoms with E-state index in [-0.39, 0.29) is 5.91 Å². The molecule has 1 aliphatic heterocycles. The second-order valence-electron chi connectivity index (χ2n) is 10.1. The molecule has 4 bridgehead atoms. The van der Waals surface area contributed by atoms with E-state index in [2.05, 4.69) is 45.4 Å². The molecule has 1 amide bonds. The highest BCUT2D eigenvalue weighted by molar-refractivity contribution is 5.78. The number of anilines is 1. The molecule has 1 heterocycles. The molecule has 1 aromatic carbocycles. The van der Waals surface area contributed by atoms with Gasteiger partial charge in [0.05, 0.1) is 6.54 Å². The Hall–Kier alpha value is -1.55. The van der Waals surface area contributed by atoms with Crippen molar-refractivity contribution in [1.82, 2.24) is 10.2 Å². The van der Waals surface area contributed by atoms with Gasteiger partial charge in [-0.2, -0.15) is 0 Å². The van der Waals surface area contributed by atoms with E-state index in [0.717, 1.165) is 50.5 Å². The van der Waals surface area contributed by atoms with E-state index in [1.54, 1.807) is 0 Å². The summed E-state index contributed by atoms with van der Waals surface area (Å²) in [6.45, 7) is 5.39. The van der Waals surface area contributed by atoms with Crippen molar-refractivity contribution >= 4 is 11.6 Å². The molecular formula is C24H35N3O. The van der Waals surface area contributed by atoms with Crippen molar-refractivity contribution < 1.29 is 4.79 Å². The molecule has 1 saturated heterocycles. The highest BCUT2D eigenvalue weighted by Crippen LogP contribution is 2.61. The van der Waals surface area contributed by atoms with Crippen LogP contribution in [0.25, 0.3) is 0 Å². The van der Waals surface area contributed by atoms with Crippen LogP contribution in [0.15, 0.2) is 30.3 Å². The number of hydrogen-bond donors (Lipinski definition) is 1. The van der Waals surface area contributed by atoms with E-state index < -0.39 is 0 Å². The van der Waals surface area contributed by atoms with E-state index in [4.69, 9.17) is 0 Å². The standard InChI is InChI=1S/C24H35N3O/c28-23(18-26-8-10-27(11-9-26)22-4-2-1-3-5-22)25-7-6-24-15-19-12-20(16-24)14-21(13-19)17-24/h1-5,19-21H,6-18H2,(H,25,28).